The molecule has 0 spiro atoms. The summed E-state index contributed by atoms with van der Waals surface area (Å²) in [5.41, 5.74) is 5.38. The Hall–Kier alpha value is -0.850. The predicted molar refractivity (Wildman–Crippen MR) is 68.4 cm³/mol. The van der Waals surface area contributed by atoms with E-state index in [4.69, 9.17) is 10.8 Å². The number of carbonyl (C=O) groups excluding carboxylic acids is 1. The minimum Gasteiger partial charge on any atom is -0.480 e. The van der Waals surface area contributed by atoms with Gasteiger partial charge in [-0.1, -0.05) is 20.8 Å². The number of nitrogens with zero attached hydrogens (tertiary/aromatic N) is 1. The maximum Gasteiger partial charge on any atom is 0.326 e. The molecule has 0 aromatic heterocycles. The number of nitrogens with two attached hydrogens (primary N) is 1. The third kappa shape index (κ3) is 3.57. The van der Waals surface area contributed by atoms with Crippen molar-refractivity contribution < 1.29 is 19.8 Å². The van der Waals surface area contributed by atoms with Crippen LogP contribution in [0.3, 0.4) is 0 Å². The number of halogens is 1. The van der Waals surface area contributed by atoms with Crippen LogP contribution < -0.4 is 5.73 Å². The predicted octanol–water partition coefficient (Wildman–Crippen LogP) is -0.172. The molecule has 1 aliphatic heterocycles. The minimum atomic E-state index is -1.10. The number of hydrogen-bond acceptors (Lipinski definition) is 4. The summed E-state index contributed by atoms with van der Waals surface area (Å²) in [5.74, 6) is -1.52. The highest BCUT2D eigenvalue weighted by molar-refractivity contribution is 5.88. The van der Waals surface area contributed by atoms with E-state index in [2.05, 4.69) is 0 Å². The lowest BCUT2D eigenvalue weighted by Gasteiger charge is -2.31. The molecule has 1 heterocycles. The molecule has 1 aliphatic rings. The third-order valence-corrected chi connectivity index (χ3v) is 3.05. The van der Waals surface area contributed by atoms with Gasteiger partial charge in [0.05, 0.1) is 12.1 Å². The van der Waals surface area contributed by atoms with Crippen LogP contribution in [0.25, 0.3) is 0 Å². The number of carboxylic acid groups (broad SMARTS) is 1. The van der Waals surface area contributed by atoms with E-state index in [0.29, 0.717) is 0 Å². The number of carboxylic acids is 1. The lowest BCUT2D eigenvalue weighted by molar-refractivity contribution is -0.149. The first kappa shape index (κ1) is 17.2. The van der Waals surface area contributed by atoms with Crippen LogP contribution in [0, 0.1) is 5.41 Å². The second kappa shape index (κ2) is 5.86. The van der Waals surface area contributed by atoms with E-state index in [-0.39, 0.29) is 25.4 Å². The smallest absolute Gasteiger partial charge is 0.326 e. The molecule has 0 radical (unpaired) electrons. The van der Waals surface area contributed by atoms with Crippen molar-refractivity contribution in [1.82, 2.24) is 4.90 Å². The molecule has 1 fully saturated rings. The van der Waals surface area contributed by atoms with Crippen LogP contribution in [0.2, 0.25) is 0 Å². The van der Waals surface area contributed by atoms with Crippen molar-refractivity contribution in [3.8, 4) is 0 Å². The molecule has 0 saturated carbocycles. The fourth-order valence-electron chi connectivity index (χ4n) is 1.84. The fourth-order valence-corrected chi connectivity index (χ4v) is 1.84. The van der Waals surface area contributed by atoms with E-state index in [9.17, 15) is 14.7 Å². The van der Waals surface area contributed by atoms with Gasteiger partial charge in [-0.2, -0.15) is 0 Å². The number of likely N-dealkylation sites (tertiary alicyclic amines) is 1. The van der Waals surface area contributed by atoms with Gasteiger partial charge in [-0.15, -0.1) is 12.4 Å². The van der Waals surface area contributed by atoms with Crippen LogP contribution in [0.15, 0.2) is 0 Å². The average molecular weight is 281 g/mol. The molecule has 0 aromatic rings. The summed E-state index contributed by atoms with van der Waals surface area (Å²) in [6.07, 6.45) is -0.718. The van der Waals surface area contributed by atoms with Gasteiger partial charge in [0.1, 0.15) is 6.04 Å². The van der Waals surface area contributed by atoms with Gasteiger partial charge in [0.15, 0.2) is 0 Å². The van der Waals surface area contributed by atoms with Crippen LogP contribution in [0.4, 0.5) is 0 Å². The van der Waals surface area contributed by atoms with Gasteiger partial charge in [0.25, 0.3) is 0 Å². The summed E-state index contributed by atoms with van der Waals surface area (Å²) >= 11 is 0. The van der Waals surface area contributed by atoms with Crippen LogP contribution in [0.5, 0.6) is 0 Å². The standard InChI is InChI=1S/C11H20N2O4.ClH/c1-11(2,3)8(12)9(15)13-5-6(14)4-7(13)10(16)17;/h6-8,14H,4-5,12H2,1-3H3,(H,16,17);1H/t6-,7+,8?;/m1./s1. The molecular formula is C11H21ClN2O4. The topological polar surface area (TPSA) is 104 Å². The number of amides is 1. The molecule has 1 rings (SSSR count). The highest BCUT2D eigenvalue weighted by Gasteiger charge is 2.42. The van der Waals surface area contributed by atoms with Crippen LogP contribution in [-0.2, 0) is 9.59 Å². The molecule has 0 aromatic carbocycles. The summed E-state index contributed by atoms with van der Waals surface area (Å²) < 4.78 is 0. The number of aliphatic hydroxyl groups is 1. The molecule has 1 saturated heterocycles. The zero-order valence-electron chi connectivity index (χ0n) is 10.8. The Balaban J connectivity index is 0.00000289. The molecule has 106 valence electrons. The van der Waals surface area contributed by atoms with Gasteiger partial charge >= 0.3 is 5.97 Å². The van der Waals surface area contributed by atoms with Crippen molar-refractivity contribution in [2.45, 2.75) is 45.4 Å². The fraction of sp³-hybridized carbons (Fsp3) is 0.818. The molecule has 1 amide bonds. The Morgan fingerprint density at radius 1 is 1.39 bits per heavy atom. The number of hydrogen-bond donors (Lipinski definition) is 3. The van der Waals surface area contributed by atoms with E-state index in [0.717, 1.165) is 0 Å². The molecular weight excluding hydrogens is 260 g/mol. The Morgan fingerprint density at radius 2 is 1.89 bits per heavy atom. The first-order valence-electron chi connectivity index (χ1n) is 5.61. The van der Waals surface area contributed by atoms with Crippen LogP contribution in [-0.4, -0.2) is 51.7 Å². The Morgan fingerprint density at radius 3 is 2.28 bits per heavy atom. The van der Waals surface area contributed by atoms with E-state index >= 15 is 0 Å². The van der Waals surface area contributed by atoms with Crippen LogP contribution in [0.1, 0.15) is 27.2 Å². The highest BCUT2D eigenvalue weighted by Crippen LogP contribution is 2.24. The molecule has 18 heavy (non-hydrogen) atoms. The van der Waals surface area contributed by atoms with Gasteiger partial charge in [-0.3, -0.25) is 4.79 Å². The van der Waals surface area contributed by atoms with Crippen molar-refractivity contribution in [2.24, 2.45) is 11.1 Å². The molecule has 3 atom stereocenters. The lowest BCUT2D eigenvalue weighted by atomic mass is 9.86. The van der Waals surface area contributed by atoms with Gasteiger partial charge in [-0.25, -0.2) is 4.79 Å². The quantitative estimate of drug-likeness (QED) is 0.651. The minimum absolute atomic E-state index is 0. The van der Waals surface area contributed by atoms with E-state index in [1.807, 2.05) is 20.8 Å². The van der Waals surface area contributed by atoms with E-state index in [1.165, 1.54) is 4.90 Å². The lowest BCUT2D eigenvalue weighted by Crippen LogP contribution is -2.53. The summed E-state index contributed by atoms with van der Waals surface area (Å²) in [7, 11) is 0. The number of β-amino-alcohol motifs (C(OH)–C–C–N with tert-alkyl or cyclic N) is 1. The molecule has 4 N–H and O–H groups in total. The molecule has 7 heteroatoms. The van der Waals surface area contributed by atoms with Crippen molar-refractivity contribution in [1.29, 1.82) is 0 Å². The SMILES string of the molecule is CC(C)(C)C(N)C(=O)N1C[C@H](O)C[C@H]1C(=O)O.Cl. The Kier molecular flexibility index (Phi) is 5.58. The Bertz CT molecular complexity index is 329. The molecule has 0 bridgehead atoms. The monoisotopic (exact) mass is 280 g/mol. The first-order chi connectivity index (χ1) is 7.64. The second-order valence-corrected chi connectivity index (χ2v) is 5.58. The third-order valence-electron chi connectivity index (χ3n) is 3.05. The maximum absolute atomic E-state index is 12.1. The van der Waals surface area contributed by atoms with Crippen molar-refractivity contribution in [2.75, 3.05) is 6.54 Å². The van der Waals surface area contributed by atoms with E-state index < -0.39 is 35.5 Å². The first-order valence-corrected chi connectivity index (χ1v) is 5.61. The normalized spacial score (nSPS) is 25.5. The summed E-state index contributed by atoms with van der Waals surface area (Å²) in [6, 6.07) is -1.74. The van der Waals surface area contributed by atoms with Gasteiger partial charge in [0, 0.05) is 13.0 Å². The summed E-state index contributed by atoms with van der Waals surface area (Å²) in [6.45, 7) is 5.49. The summed E-state index contributed by atoms with van der Waals surface area (Å²) in [4.78, 5) is 24.2. The average Bonchev–Trinajstić information content (AvgIpc) is 2.56. The number of rotatable bonds is 2. The van der Waals surface area contributed by atoms with Crippen LogP contribution >= 0.6 is 12.4 Å². The van der Waals surface area contributed by atoms with E-state index in [1.54, 1.807) is 0 Å². The molecule has 6 nitrogen and oxygen atoms in total. The highest BCUT2D eigenvalue weighted by atomic mass is 35.5. The van der Waals surface area contributed by atoms with Crippen molar-refractivity contribution >= 4 is 24.3 Å². The van der Waals surface area contributed by atoms with Gasteiger partial charge in [0.2, 0.25) is 5.91 Å². The van der Waals surface area contributed by atoms with Crippen molar-refractivity contribution in [3.63, 3.8) is 0 Å². The second-order valence-electron chi connectivity index (χ2n) is 5.58. The zero-order chi connectivity index (χ0) is 13.4. The summed E-state index contributed by atoms with van der Waals surface area (Å²) in [5, 5.41) is 18.4. The number of aliphatic carboxylic acids is 1. The maximum atomic E-state index is 12.1. The van der Waals surface area contributed by atoms with Gasteiger partial charge in [-0.05, 0) is 5.41 Å². The zero-order valence-corrected chi connectivity index (χ0v) is 11.6. The molecule has 0 aliphatic carbocycles. The molecule has 1 unspecified atom stereocenters. The number of carbonyl (C=O) groups is 2. The largest absolute Gasteiger partial charge is 0.480 e. The van der Waals surface area contributed by atoms with Gasteiger partial charge < -0.3 is 20.8 Å². The Labute approximate surface area is 113 Å². The number of aliphatic hydroxyl groups excluding tert-OH is 1. The van der Waals surface area contributed by atoms with Crippen molar-refractivity contribution in [3.05, 3.63) is 0 Å².